The van der Waals surface area contributed by atoms with Gasteiger partial charge in [0.05, 0.1) is 0 Å². The maximum Gasteiger partial charge on any atom is 0.146 e. The summed E-state index contributed by atoms with van der Waals surface area (Å²) in [7, 11) is 0. The standard InChI is InChI=1S/C11H19BrN4/c1-4-6-8(3)16-11-9(12)10(13-5-2)14-7-15-11/h7-8H,4-6H2,1-3H3,(H2,13,14,15,16). The van der Waals surface area contributed by atoms with Crippen LogP contribution in [-0.2, 0) is 0 Å². The van der Waals surface area contributed by atoms with Crippen LogP contribution in [0, 0.1) is 0 Å². The van der Waals surface area contributed by atoms with Gasteiger partial charge in [-0.2, -0.15) is 0 Å². The van der Waals surface area contributed by atoms with Crippen LogP contribution in [0.1, 0.15) is 33.6 Å². The van der Waals surface area contributed by atoms with E-state index < -0.39 is 0 Å². The molecule has 1 aromatic heterocycles. The number of anilines is 2. The van der Waals surface area contributed by atoms with Crippen LogP contribution in [-0.4, -0.2) is 22.6 Å². The third-order valence-electron chi connectivity index (χ3n) is 2.24. The van der Waals surface area contributed by atoms with E-state index in [9.17, 15) is 0 Å². The Morgan fingerprint density at radius 1 is 1.31 bits per heavy atom. The summed E-state index contributed by atoms with van der Waals surface area (Å²) in [6.45, 7) is 7.23. The highest BCUT2D eigenvalue weighted by atomic mass is 79.9. The Morgan fingerprint density at radius 2 is 2.00 bits per heavy atom. The molecular formula is C11H19BrN4. The van der Waals surface area contributed by atoms with Crippen molar-refractivity contribution in [3.05, 3.63) is 10.8 Å². The number of halogens is 1. The molecule has 0 amide bonds. The van der Waals surface area contributed by atoms with Crippen molar-refractivity contribution in [2.75, 3.05) is 17.2 Å². The van der Waals surface area contributed by atoms with Gasteiger partial charge < -0.3 is 10.6 Å². The van der Waals surface area contributed by atoms with Gasteiger partial charge in [-0.15, -0.1) is 0 Å². The lowest BCUT2D eigenvalue weighted by Crippen LogP contribution is -2.16. The summed E-state index contributed by atoms with van der Waals surface area (Å²) < 4.78 is 0.903. The van der Waals surface area contributed by atoms with Crippen LogP contribution in [0.3, 0.4) is 0 Å². The first-order valence-corrected chi connectivity index (χ1v) is 6.49. The zero-order valence-corrected chi connectivity index (χ0v) is 11.6. The smallest absolute Gasteiger partial charge is 0.146 e. The molecular weight excluding hydrogens is 268 g/mol. The van der Waals surface area contributed by atoms with Gasteiger partial charge in [0, 0.05) is 12.6 Å². The summed E-state index contributed by atoms with van der Waals surface area (Å²) in [5, 5.41) is 6.56. The third-order valence-corrected chi connectivity index (χ3v) is 2.99. The lowest BCUT2D eigenvalue weighted by atomic mass is 10.2. The molecule has 0 saturated heterocycles. The Kier molecular flexibility index (Phi) is 5.52. The molecule has 1 aromatic rings. The normalized spacial score (nSPS) is 12.2. The fraction of sp³-hybridized carbons (Fsp3) is 0.636. The van der Waals surface area contributed by atoms with Crippen LogP contribution in [0.4, 0.5) is 11.6 Å². The first-order chi connectivity index (χ1) is 7.69. The molecule has 2 N–H and O–H groups in total. The zero-order chi connectivity index (χ0) is 12.0. The van der Waals surface area contributed by atoms with Gasteiger partial charge in [-0.25, -0.2) is 9.97 Å². The van der Waals surface area contributed by atoms with E-state index in [4.69, 9.17) is 0 Å². The molecule has 1 rings (SSSR count). The summed E-state index contributed by atoms with van der Waals surface area (Å²) in [5.74, 6) is 1.69. The Labute approximate surface area is 105 Å². The predicted octanol–water partition coefficient (Wildman–Crippen LogP) is 3.27. The van der Waals surface area contributed by atoms with Crippen molar-refractivity contribution in [3.63, 3.8) is 0 Å². The monoisotopic (exact) mass is 286 g/mol. The molecule has 90 valence electrons. The second-order valence-corrected chi connectivity index (χ2v) is 4.54. The minimum Gasteiger partial charge on any atom is -0.369 e. The second-order valence-electron chi connectivity index (χ2n) is 3.75. The van der Waals surface area contributed by atoms with Crippen LogP contribution >= 0.6 is 15.9 Å². The molecule has 0 bridgehead atoms. The number of hydrogen-bond acceptors (Lipinski definition) is 4. The summed E-state index contributed by atoms with van der Waals surface area (Å²) in [6.07, 6.45) is 3.87. The zero-order valence-electron chi connectivity index (χ0n) is 10.0. The average molecular weight is 287 g/mol. The highest BCUT2D eigenvalue weighted by Crippen LogP contribution is 2.27. The quantitative estimate of drug-likeness (QED) is 0.843. The molecule has 0 aromatic carbocycles. The van der Waals surface area contributed by atoms with E-state index in [1.54, 1.807) is 6.33 Å². The molecule has 0 radical (unpaired) electrons. The van der Waals surface area contributed by atoms with Gasteiger partial charge in [-0.1, -0.05) is 13.3 Å². The molecule has 1 unspecified atom stereocenters. The number of hydrogen-bond donors (Lipinski definition) is 2. The first-order valence-electron chi connectivity index (χ1n) is 5.69. The van der Waals surface area contributed by atoms with Gasteiger partial charge in [0.2, 0.25) is 0 Å². The molecule has 0 fully saturated rings. The molecule has 1 heterocycles. The lowest BCUT2D eigenvalue weighted by molar-refractivity contribution is 0.686. The SMILES string of the molecule is CCCC(C)Nc1ncnc(NCC)c1Br. The van der Waals surface area contributed by atoms with Crippen LogP contribution < -0.4 is 10.6 Å². The topological polar surface area (TPSA) is 49.8 Å². The molecule has 4 nitrogen and oxygen atoms in total. The van der Waals surface area contributed by atoms with Crippen molar-refractivity contribution in [3.8, 4) is 0 Å². The molecule has 0 spiro atoms. The number of aromatic nitrogens is 2. The summed E-state index contributed by atoms with van der Waals surface area (Å²) in [4.78, 5) is 8.41. The van der Waals surface area contributed by atoms with Crippen LogP contribution in [0.2, 0.25) is 0 Å². The maximum absolute atomic E-state index is 4.23. The molecule has 16 heavy (non-hydrogen) atoms. The van der Waals surface area contributed by atoms with Crippen molar-refractivity contribution < 1.29 is 0 Å². The predicted molar refractivity (Wildman–Crippen MR) is 71.9 cm³/mol. The maximum atomic E-state index is 4.23. The molecule has 0 aliphatic heterocycles. The first kappa shape index (κ1) is 13.2. The van der Waals surface area contributed by atoms with Gasteiger partial charge in [0.1, 0.15) is 22.4 Å². The summed E-state index contributed by atoms with van der Waals surface area (Å²) >= 11 is 3.51. The molecule has 0 aliphatic carbocycles. The Morgan fingerprint density at radius 3 is 2.62 bits per heavy atom. The Hall–Kier alpha value is -0.840. The third kappa shape index (κ3) is 3.63. The molecule has 0 saturated carbocycles. The van der Waals surface area contributed by atoms with E-state index in [1.165, 1.54) is 0 Å². The number of nitrogens with one attached hydrogen (secondary N) is 2. The van der Waals surface area contributed by atoms with Crippen molar-refractivity contribution in [2.45, 2.75) is 39.7 Å². The van der Waals surface area contributed by atoms with E-state index in [0.29, 0.717) is 6.04 Å². The lowest BCUT2D eigenvalue weighted by Gasteiger charge is -2.15. The number of rotatable bonds is 6. The van der Waals surface area contributed by atoms with Crippen molar-refractivity contribution in [1.29, 1.82) is 0 Å². The Bertz CT molecular complexity index is 330. The van der Waals surface area contributed by atoms with E-state index in [0.717, 1.165) is 35.5 Å². The van der Waals surface area contributed by atoms with Crippen LogP contribution in [0.25, 0.3) is 0 Å². The minimum absolute atomic E-state index is 0.422. The van der Waals surface area contributed by atoms with E-state index in [2.05, 4.69) is 50.4 Å². The minimum atomic E-state index is 0.422. The van der Waals surface area contributed by atoms with Gasteiger partial charge in [0.15, 0.2) is 0 Å². The highest BCUT2D eigenvalue weighted by Gasteiger charge is 2.09. The number of nitrogens with zero attached hydrogens (tertiary/aromatic N) is 2. The molecule has 1 atom stereocenters. The second kappa shape index (κ2) is 6.68. The van der Waals surface area contributed by atoms with Gasteiger partial charge in [0.25, 0.3) is 0 Å². The van der Waals surface area contributed by atoms with E-state index >= 15 is 0 Å². The fourth-order valence-corrected chi connectivity index (χ4v) is 1.96. The van der Waals surface area contributed by atoms with Gasteiger partial charge >= 0.3 is 0 Å². The average Bonchev–Trinajstić information content (AvgIpc) is 2.24. The largest absolute Gasteiger partial charge is 0.369 e. The fourth-order valence-electron chi connectivity index (χ4n) is 1.50. The summed E-state index contributed by atoms with van der Waals surface area (Å²) in [5.41, 5.74) is 0. The van der Waals surface area contributed by atoms with Crippen LogP contribution in [0.5, 0.6) is 0 Å². The van der Waals surface area contributed by atoms with Crippen LogP contribution in [0.15, 0.2) is 10.8 Å². The van der Waals surface area contributed by atoms with Gasteiger partial charge in [-0.05, 0) is 36.2 Å². The van der Waals surface area contributed by atoms with Gasteiger partial charge in [-0.3, -0.25) is 0 Å². The summed E-state index contributed by atoms with van der Waals surface area (Å²) in [6, 6.07) is 0.422. The molecule has 5 heteroatoms. The van der Waals surface area contributed by atoms with Crippen molar-refractivity contribution in [2.24, 2.45) is 0 Å². The van der Waals surface area contributed by atoms with E-state index in [-0.39, 0.29) is 0 Å². The Balaban J connectivity index is 2.76. The molecule has 0 aliphatic rings. The highest BCUT2D eigenvalue weighted by molar-refractivity contribution is 9.10. The van der Waals surface area contributed by atoms with Crippen molar-refractivity contribution in [1.82, 2.24) is 9.97 Å². The van der Waals surface area contributed by atoms with Crippen molar-refractivity contribution >= 4 is 27.6 Å². The van der Waals surface area contributed by atoms with E-state index in [1.807, 2.05) is 6.92 Å².